The molecule has 0 aromatic heterocycles. The molecular weight excluding hydrogens is 292 g/mol. The number of hydrogen-bond donors (Lipinski definition) is 0. The Balaban J connectivity index is 1.97. The van der Waals surface area contributed by atoms with E-state index in [0.717, 1.165) is 27.1 Å². The van der Waals surface area contributed by atoms with Crippen molar-refractivity contribution in [1.29, 1.82) is 0 Å². The summed E-state index contributed by atoms with van der Waals surface area (Å²) >= 11 is 0. The fourth-order valence-electron chi connectivity index (χ4n) is 3.06. The van der Waals surface area contributed by atoms with Crippen LogP contribution in [0.2, 0.25) is 0 Å². The maximum atomic E-state index is 12.7. The van der Waals surface area contributed by atoms with Crippen LogP contribution in [0.25, 0.3) is 21.5 Å². The molecule has 1 aliphatic heterocycles. The van der Waals surface area contributed by atoms with Crippen molar-refractivity contribution < 1.29 is 19.1 Å². The molecule has 114 valence electrons. The minimum atomic E-state index is -0.790. The van der Waals surface area contributed by atoms with Crippen molar-refractivity contribution in [2.24, 2.45) is 0 Å². The zero-order valence-electron chi connectivity index (χ0n) is 12.5. The van der Waals surface area contributed by atoms with E-state index in [2.05, 4.69) is 4.74 Å². The average Bonchev–Trinajstić information content (AvgIpc) is 2.59. The van der Waals surface area contributed by atoms with Crippen molar-refractivity contribution in [2.45, 2.75) is 13.0 Å². The highest BCUT2D eigenvalue weighted by atomic mass is 16.6. The fourth-order valence-corrected chi connectivity index (χ4v) is 3.06. The van der Waals surface area contributed by atoms with Gasteiger partial charge in [-0.25, -0.2) is 9.59 Å². The lowest BCUT2D eigenvalue weighted by atomic mass is 9.92. The van der Waals surface area contributed by atoms with Gasteiger partial charge in [0, 0.05) is 0 Å². The molecule has 0 radical (unpaired) electrons. The fraction of sp³-hybridized carbons (Fsp3) is 0.158. The largest absolute Gasteiger partial charge is 0.458 e. The van der Waals surface area contributed by atoms with E-state index in [1.54, 1.807) is 0 Å². The van der Waals surface area contributed by atoms with Crippen molar-refractivity contribution in [3.63, 3.8) is 0 Å². The number of carbonyl (C=O) groups excluding carboxylic acids is 2. The van der Waals surface area contributed by atoms with Crippen LogP contribution in [0.15, 0.2) is 48.5 Å². The smallest absolute Gasteiger partial charge is 0.351 e. The third kappa shape index (κ3) is 2.06. The number of hydrogen-bond acceptors (Lipinski definition) is 4. The highest BCUT2D eigenvalue weighted by Crippen LogP contribution is 2.33. The minimum absolute atomic E-state index is 0.131. The average molecular weight is 306 g/mol. The number of ether oxygens (including phenoxy) is 2. The summed E-state index contributed by atoms with van der Waals surface area (Å²) in [5, 5.41) is 3.69. The molecule has 0 spiro atoms. The lowest BCUT2D eigenvalue weighted by Crippen LogP contribution is -2.43. The molecular formula is C19H14O4. The Bertz CT molecular complexity index is 901. The second-order valence-corrected chi connectivity index (χ2v) is 5.62. The van der Waals surface area contributed by atoms with Gasteiger partial charge in [-0.15, -0.1) is 0 Å². The molecule has 1 saturated heterocycles. The second-order valence-electron chi connectivity index (χ2n) is 5.62. The van der Waals surface area contributed by atoms with Crippen LogP contribution in [0.5, 0.6) is 0 Å². The molecule has 3 aromatic rings. The summed E-state index contributed by atoms with van der Waals surface area (Å²) in [5.74, 6) is -0.974. The molecule has 1 heterocycles. The number of esters is 2. The van der Waals surface area contributed by atoms with Gasteiger partial charge in [0.15, 0.2) is 0 Å². The summed E-state index contributed by atoms with van der Waals surface area (Å²) in [7, 11) is 0. The molecule has 4 nitrogen and oxygen atoms in total. The predicted molar refractivity (Wildman–Crippen MR) is 86.4 cm³/mol. The van der Waals surface area contributed by atoms with Gasteiger partial charge >= 0.3 is 11.9 Å². The molecule has 1 aliphatic rings. The first-order valence-electron chi connectivity index (χ1n) is 7.44. The van der Waals surface area contributed by atoms with Crippen LogP contribution >= 0.6 is 0 Å². The molecule has 0 aliphatic carbocycles. The monoisotopic (exact) mass is 306 g/mol. The van der Waals surface area contributed by atoms with Gasteiger partial charge in [-0.2, -0.15) is 0 Å². The molecule has 23 heavy (non-hydrogen) atoms. The highest BCUT2D eigenvalue weighted by molar-refractivity contribution is 6.18. The van der Waals surface area contributed by atoms with Crippen LogP contribution in [-0.2, 0) is 14.3 Å². The zero-order valence-corrected chi connectivity index (χ0v) is 12.5. The second kappa shape index (κ2) is 5.09. The summed E-state index contributed by atoms with van der Waals surface area (Å²) in [6, 6.07) is 15.5. The van der Waals surface area contributed by atoms with Crippen LogP contribution in [0.1, 0.15) is 15.9 Å². The molecule has 0 N–H and O–H groups in total. The molecule has 0 bridgehead atoms. The van der Waals surface area contributed by atoms with E-state index < -0.39 is 18.0 Å². The van der Waals surface area contributed by atoms with Gasteiger partial charge in [0.25, 0.3) is 0 Å². The summed E-state index contributed by atoms with van der Waals surface area (Å²) in [6.45, 7) is 2.18. The van der Waals surface area contributed by atoms with Gasteiger partial charge in [-0.1, -0.05) is 48.5 Å². The third-order valence-electron chi connectivity index (χ3n) is 4.29. The summed E-state index contributed by atoms with van der Waals surface area (Å²) in [4.78, 5) is 24.0. The summed E-state index contributed by atoms with van der Waals surface area (Å²) in [5.41, 5.74) is 1.62. The van der Waals surface area contributed by atoms with E-state index in [1.165, 1.54) is 0 Å². The topological polar surface area (TPSA) is 52.6 Å². The van der Waals surface area contributed by atoms with E-state index in [0.29, 0.717) is 5.56 Å². The highest BCUT2D eigenvalue weighted by Gasteiger charge is 2.35. The maximum absolute atomic E-state index is 12.7. The van der Waals surface area contributed by atoms with E-state index in [-0.39, 0.29) is 6.61 Å². The van der Waals surface area contributed by atoms with E-state index in [1.807, 2.05) is 55.5 Å². The van der Waals surface area contributed by atoms with E-state index >= 15 is 0 Å². The van der Waals surface area contributed by atoms with Gasteiger partial charge in [-0.05, 0) is 34.0 Å². The van der Waals surface area contributed by atoms with Gasteiger partial charge in [0.05, 0.1) is 5.56 Å². The lowest BCUT2D eigenvalue weighted by molar-refractivity contribution is -0.179. The minimum Gasteiger partial charge on any atom is -0.458 e. The van der Waals surface area contributed by atoms with Crippen molar-refractivity contribution in [2.75, 3.05) is 6.61 Å². The van der Waals surface area contributed by atoms with Crippen LogP contribution in [0.4, 0.5) is 0 Å². The van der Waals surface area contributed by atoms with Crippen molar-refractivity contribution >= 4 is 33.5 Å². The molecule has 0 saturated carbocycles. The lowest BCUT2D eigenvalue weighted by Gasteiger charge is -2.24. The van der Waals surface area contributed by atoms with E-state index in [9.17, 15) is 9.59 Å². The Hall–Kier alpha value is -2.88. The summed E-state index contributed by atoms with van der Waals surface area (Å²) in [6.07, 6.45) is -0.790. The van der Waals surface area contributed by atoms with Crippen LogP contribution in [0.3, 0.4) is 0 Å². The molecule has 4 heteroatoms. The Morgan fingerprint density at radius 3 is 1.96 bits per heavy atom. The Morgan fingerprint density at radius 1 is 1.00 bits per heavy atom. The number of carbonyl (C=O) groups is 2. The number of benzene rings is 3. The molecule has 1 fully saturated rings. The normalized spacial score (nSPS) is 16.9. The zero-order chi connectivity index (χ0) is 16.0. The Labute approximate surface area is 132 Å². The van der Waals surface area contributed by atoms with Crippen molar-refractivity contribution in [3.05, 3.63) is 59.7 Å². The van der Waals surface area contributed by atoms with Crippen molar-refractivity contribution in [3.8, 4) is 0 Å². The Kier molecular flexibility index (Phi) is 3.05. The SMILES string of the molecule is Cc1c2ccccc2c(C(=O)OC2COC2=O)c2ccccc12. The number of fused-ring (bicyclic) bond motifs is 2. The molecule has 1 atom stereocenters. The third-order valence-corrected chi connectivity index (χ3v) is 4.29. The molecule has 0 amide bonds. The number of rotatable bonds is 2. The molecule has 1 unspecified atom stereocenters. The van der Waals surface area contributed by atoms with Crippen molar-refractivity contribution in [1.82, 2.24) is 0 Å². The first-order valence-corrected chi connectivity index (χ1v) is 7.44. The number of cyclic esters (lactones) is 1. The molecule has 4 rings (SSSR count). The Morgan fingerprint density at radius 2 is 1.52 bits per heavy atom. The molecule has 3 aromatic carbocycles. The van der Waals surface area contributed by atoms with Crippen LogP contribution in [0, 0.1) is 6.92 Å². The van der Waals surface area contributed by atoms with Gasteiger partial charge in [-0.3, -0.25) is 0 Å². The van der Waals surface area contributed by atoms with Crippen LogP contribution in [-0.4, -0.2) is 24.6 Å². The van der Waals surface area contributed by atoms with Crippen LogP contribution < -0.4 is 0 Å². The first-order chi connectivity index (χ1) is 11.2. The first kappa shape index (κ1) is 13.8. The number of aryl methyl sites for hydroxylation is 1. The predicted octanol–water partition coefficient (Wildman–Crippen LogP) is 3.38. The van der Waals surface area contributed by atoms with E-state index in [4.69, 9.17) is 4.74 Å². The quantitative estimate of drug-likeness (QED) is 0.538. The van der Waals surface area contributed by atoms with Gasteiger partial charge in [0.1, 0.15) is 6.61 Å². The standard InChI is InChI=1S/C19H14O4/c1-11-12-6-2-4-8-14(12)17(15-9-5-3-7-13(11)15)19(21)23-16-10-22-18(16)20/h2-9,16H,10H2,1H3. The van der Waals surface area contributed by atoms with Gasteiger partial charge < -0.3 is 9.47 Å². The van der Waals surface area contributed by atoms with Gasteiger partial charge in [0.2, 0.25) is 6.10 Å². The summed E-state index contributed by atoms with van der Waals surface area (Å²) < 4.78 is 9.99. The maximum Gasteiger partial charge on any atom is 0.351 e.